The van der Waals surface area contributed by atoms with Gasteiger partial charge in [-0.1, -0.05) is 30.3 Å². The highest BCUT2D eigenvalue weighted by atomic mass is 16.5. The molecular weight excluding hydrogens is 314 g/mol. The van der Waals surface area contributed by atoms with Crippen molar-refractivity contribution in [2.24, 2.45) is 0 Å². The van der Waals surface area contributed by atoms with Gasteiger partial charge in [0.15, 0.2) is 11.5 Å². The quantitative estimate of drug-likeness (QED) is 0.738. The molecule has 3 rings (SSSR count). The van der Waals surface area contributed by atoms with E-state index in [9.17, 15) is 5.26 Å². The zero-order valence-corrected chi connectivity index (χ0v) is 14.2. The third-order valence-electron chi connectivity index (χ3n) is 3.86. The molecule has 0 fully saturated rings. The first kappa shape index (κ1) is 16.6. The Balaban J connectivity index is 1.77. The summed E-state index contributed by atoms with van der Waals surface area (Å²) in [4.78, 5) is 4.32. The van der Waals surface area contributed by atoms with E-state index in [0.29, 0.717) is 23.6 Å². The Morgan fingerprint density at radius 3 is 2.60 bits per heavy atom. The van der Waals surface area contributed by atoms with E-state index in [-0.39, 0.29) is 6.10 Å². The molecule has 0 aliphatic rings. The lowest BCUT2D eigenvalue weighted by Gasteiger charge is -2.19. The topological polar surface area (TPSA) is 67.2 Å². The van der Waals surface area contributed by atoms with Crippen molar-refractivity contribution in [1.29, 1.82) is 5.26 Å². The van der Waals surface area contributed by atoms with Crippen LogP contribution >= 0.6 is 0 Å². The van der Waals surface area contributed by atoms with Crippen molar-refractivity contribution in [3.8, 4) is 17.6 Å². The first-order valence-electron chi connectivity index (χ1n) is 8.04. The molecule has 0 aliphatic carbocycles. The molecule has 126 valence electrons. The van der Waals surface area contributed by atoms with Crippen LogP contribution < -0.4 is 14.8 Å². The lowest BCUT2D eigenvalue weighted by molar-refractivity contribution is 0.223. The van der Waals surface area contributed by atoms with Crippen molar-refractivity contribution in [3.63, 3.8) is 0 Å². The van der Waals surface area contributed by atoms with Gasteiger partial charge >= 0.3 is 0 Å². The number of nitrogens with zero attached hydrogens (tertiary/aromatic N) is 2. The summed E-state index contributed by atoms with van der Waals surface area (Å²) in [5.41, 5.74) is 2.15. The van der Waals surface area contributed by atoms with E-state index in [0.717, 1.165) is 16.6 Å². The Labute approximate surface area is 146 Å². The summed E-state index contributed by atoms with van der Waals surface area (Å²) < 4.78 is 11.3. The standard InChI is InChI=1S/C20H19N3O2/c1-14(25-19-10-6-5-9-18(19)24-2)12-23-20-15(11-21)13-22-17-8-4-3-7-16(17)20/h3-10,13-14H,12H2,1-2H3,(H,22,23). The van der Waals surface area contributed by atoms with Crippen LogP contribution in [0, 0.1) is 11.3 Å². The smallest absolute Gasteiger partial charge is 0.161 e. The molecule has 0 aliphatic heterocycles. The van der Waals surface area contributed by atoms with Crippen LogP contribution in [0.5, 0.6) is 11.5 Å². The highest BCUT2D eigenvalue weighted by Gasteiger charge is 2.12. The van der Waals surface area contributed by atoms with Gasteiger partial charge in [0.25, 0.3) is 0 Å². The maximum atomic E-state index is 9.37. The van der Waals surface area contributed by atoms with Gasteiger partial charge in [0.2, 0.25) is 0 Å². The van der Waals surface area contributed by atoms with Crippen LogP contribution in [0.15, 0.2) is 54.7 Å². The Morgan fingerprint density at radius 1 is 1.12 bits per heavy atom. The minimum absolute atomic E-state index is 0.116. The van der Waals surface area contributed by atoms with Crippen LogP contribution in [-0.2, 0) is 0 Å². The molecule has 0 spiro atoms. The number of nitriles is 1. The van der Waals surface area contributed by atoms with Crippen LogP contribution in [-0.4, -0.2) is 24.7 Å². The summed E-state index contributed by atoms with van der Waals surface area (Å²) in [7, 11) is 1.62. The number of ether oxygens (including phenoxy) is 2. The van der Waals surface area contributed by atoms with E-state index in [1.54, 1.807) is 13.3 Å². The van der Waals surface area contributed by atoms with Crippen molar-refractivity contribution in [1.82, 2.24) is 4.98 Å². The summed E-state index contributed by atoms with van der Waals surface area (Å²) in [6.07, 6.45) is 1.48. The minimum Gasteiger partial charge on any atom is -0.493 e. The molecule has 1 N–H and O–H groups in total. The van der Waals surface area contributed by atoms with Crippen molar-refractivity contribution in [2.45, 2.75) is 13.0 Å². The van der Waals surface area contributed by atoms with E-state index in [1.165, 1.54) is 0 Å². The summed E-state index contributed by atoms with van der Waals surface area (Å²) in [6.45, 7) is 2.51. The molecule has 5 nitrogen and oxygen atoms in total. The number of para-hydroxylation sites is 3. The fourth-order valence-corrected chi connectivity index (χ4v) is 2.64. The number of anilines is 1. The van der Waals surface area contributed by atoms with Crippen molar-refractivity contribution >= 4 is 16.6 Å². The summed E-state index contributed by atoms with van der Waals surface area (Å²) in [5, 5.41) is 13.6. The highest BCUT2D eigenvalue weighted by molar-refractivity contribution is 5.93. The number of fused-ring (bicyclic) bond motifs is 1. The van der Waals surface area contributed by atoms with E-state index in [4.69, 9.17) is 9.47 Å². The molecule has 2 aromatic carbocycles. The summed E-state index contributed by atoms with van der Waals surface area (Å²) >= 11 is 0. The molecule has 0 saturated carbocycles. The Morgan fingerprint density at radius 2 is 1.84 bits per heavy atom. The van der Waals surface area contributed by atoms with Gasteiger partial charge in [0, 0.05) is 11.6 Å². The maximum absolute atomic E-state index is 9.37. The van der Waals surface area contributed by atoms with Gasteiger partial charge in [-0.2, -0.15) is 5.26 Å². The van der Waals surface area contributed by atoms with Gasteiger partial charge in [-0.15, -0.1) is 0 Å². The first-order chi connectivity index (χ1) is 12.2. The van der Waals surface area contributed by atoms with Crippen LogP contribution in [0.1, 0.15) is 12.5 Å². The number of hydrogen-bond donors (Lipinski definition) is 1. The Hall–Kier alpha value is -3.26. The predicted octanol–water partition coefficient (Wildman–Crippen LogP) is 3.99. The van der Waals surface area contributed by atoms with Crippen LogP contribution in [0.3, 0.4) is 0 Å². The highest BCUT2D eigenvalue weighted by Crippen LogP contribution is 2.28. The molecule has 1 heterocycles. The average Bonchev–Trinajstić information content (AvgIpc) is 2.66. The van der Waals surface area contributed by atoms with Crippen molar-refractivity contribution < 1.29 is 9.47 Å². The van der Waals surface area contributed by atoms with Gasteiger partial charge in [-0.3, -0.25) is 4.98 Å². The number of pyridine rings is 1. The molecule has 0 amide bonds. The number of aromatic nitrogens is 1. The zero-order chi connectivity index (χ0) is 17.6. The second kappa shape index (κ2) is 7.54. The van der Waals surface area contributed by atoms with Gasteiger partial charge < -0.3 is 14.8 Å². The molecule has 1 atom stereocenters. The lowest BCUT2D eigenvalue weighted by Crippen LogP contribution is -2.23. The Kier molecular flexibility index (Phi) is 5.00. The van der Waals surface area contributed by atoms with E-state index >= 15 is 0 Å². The summed E-state index contributed by atoms with van der Waals surface area (Å²) in [5.74, 6) is 1.39. The average molecular weight is 333 g/mol. The number of rotatable bonds is 6. The molecular formula is C20H19N3O2. The molecule has 25 heavy (non-hydrogen) atoms. The third kappa shape index (κ3) is 3.64. The lowest BCUT2D eigenvalue weighted by atomic mass is 10.1. The number of methoxy groups -OCH3 is 1. The number of hydrogen-bond acceptors (Lipinski definition) is 5. The van der Waals surface area contributed by atoms with E-state index < -0.39 is 0 Å². The predicted molar refractivity (Wildman–Crippen MR) is 98.0 cm³/mol. The molecule has 1 aromatic heterocycles. The maximum Gasteiger partial charge on any atom is 0.161 e. The van der Waals surface area contributed by atoms with Gasteiger partial charge in [-0.25, -0.2) is 0 Å². The monoisotopic (exact) mass is 333 g/mol. The van der Waals surface area contributed by atoms with Crippen LogP contribution in [0.4, 0.5) is 5.69 Å². The molecule has 1 unspecified atom stereocenters. The minimum atomic E-state index is -0.116. The second-order valence-electron chi connectivity index (χ2n) is 5.64. The molecule has 5 heteroatoms. The second-order valence-corrected chi connectivity index (χ2v) is 5.64. The van der Waals surface area contributed by atoms with Gasteiger partial charge in [0.05, 0.1) is 30.4 Å². The number of nitrogens with one attached hydrogen (secondary N) is 1. The summed E-state index contributed by atoms with van der Waals surface area (Å²) in [6, 6.07) is 17.5. The van der Waals surface area contributed by atoms with Gasteiger partial charge in [0.1, 0.15) is 12.2 Å². The third-order valence-corrected chi connectivity index (χ3v) is 3.86. The molecule has 0 bridgehead atoms. The normalized spacial score (nSPS) is 11.6. The molecule has 0 radical (unpaired) electrons. The fraction of sp³-hybridized carbons (Fsp3) is 0.200. The van der Waals surface area contributed by atoms with Crippen molar-refractivity contribution in [3.05, 3.63) is 60.3 Å². The number of benzene rings is 2. The van der Waals surface area contributed by atoms with Crippen molar-refractivity contribution in [2.75, 3.05) is 19.0 Å². The Bertz CT molecular complexity index is 918. The van der Waals surface area contributed by atoms with E-state index in [1.807, 2.05) is 55.5 Å². The molecule has 0 saturated heterocycles. The SMILES string of the molecule is COc1ccccc1OC(C)CNc1c(C#N)cnc2ccccc12. The largest absolute Gasteiger partial charge is 0.493 e. The first-order valence-corrected chi connectivity index (χ1v) is 8.04. The zero-order valence-electron chi connectivity index (χ0n) is 14.2. The van der Waals surface area contributed by atoms with E-state index in [2.05, 4.69) is 16.4 Å². The van der Waals surface area contributed by atoms with Crippen LogP contribution in [0.2, 0.25) is 0 Å². The van der Waals surface area contributed by atoms with Crippen LogP contribution in [0.25, 0.3) is 10.9 Å². The molecule has 3 aromatic rings. The van der Waals surface area contributed by atoms with Gasteiger partial charge in [-0.05, 0) is 25.1 Å². The fourth-order valence-electron chi connectivity index (χ4n) is 2.64.